The molecule has 1 aromatic rings. The number of carbonyl (C=O) groups excluding carboxylic acids is 1. The number of anilines is 1. The molecule has 2 rings (SSSR count). The number of nitrogens with one attached hydrogen (secondary N) is 2. The fourth-order valence-electron chi connectivity index (χ4n) is 2.18. The van der Waals surface area contributed by atoms with Crippen molar-refractivity contribution in [2.24, 2.45) is 0 Å². The van der Waals surface area contributed by atoms with E-state index in [1.54, 1.807) is 0 Å². The maximum Gasteiger partial charge on any atom is 0.319 e. The minimum atomic E-state index is -0.120. The van der Waals surface area contributed by atoms with Gasteiger partial charge in [0.15, 0.2) is 0 Å². The maximum atomic E-state index is 11.9. The Morgan fingerprint density at radius 3 is 2.68 bits per heavy atom. The lowest BCUT2D eigenvalue weighted by atomic mass is 10.1. The lowest BCUT2D eigenvalue weighted by molar-refractivity contribution is 0.221. The Morgan fingerprint density at radius 2 is 2.05 bits per heavy atom. The van der Waals surface area contributed by atoms with Crippen LogP contribution in [0.3, 0.4) is 0 Å². The summed E-state index contributed by atoms with van der Waals surface area (Å²) in [5, 5.41) is 5.90. The third-order valence-electron chi connectivity index (χ3n) is 3.48. The Morgan fingerprint density at radius 1 is 1.37 bits per heavy atom. The number of amides is 2. The van der Waals surface area contributed by atoms with Gasteiger partial charge in [0.25, 0.3) is 0 Å². The summed E-state index contributed by atoms with van der Waals surface area (Å²) in [6.07, 6.45) is 2.03. The molecule has 19 heavy (non-hydrogen) atoms. The van der Waals surface area contributed by atoms with E-state index in [4.69, 9.17) is 0 Å². The summed E-state index contributed by atoms with van der Waals surface area (Å²) in [5.41, 5.74) is 1.96. The number of halogens is 1. The number of hydrogen-bond acceptors (Lipinski definition) is 2. The molecule has 5 heteroatoms. The van der Waals surface area contributed by atoms with E-state index in [-0.39, 0.29) is 12.1 Å². The first-order chi connectivity index (χ1) is 9.04. The largest absolute Gasteiger partial charge is 0.335 e. The van der Waals surface area contributed by atoms with Crippen molar-refractivity contribution in [3.8, 4) is 0 Å². The van der Waals surface area contributed by atoms with Gasteiger partial charge in [0.05, 0.1) is 0 Å². The molecule has 0 unspecified atom stereocenters. The van der Waals surface area contributed by atoms with Gasteiger partial charge < -0.3 is 15.5 Å². The zero-order valence-electron chi connectivity index (χ0n) is 11.4. The van der Waals surface area contributed by atoms with Crippen LogP contribution in [0.1, 0.15) is 18.4 Å². The minimum absolute atomic E-state index is 0.120. The molecule has 0 aliphatic carbocycles. The molecule has 0 saturated carbocycles. The van der Waals surface area contributed by atoms with Crippen LogP contribution in [0.25, 0.3) is 0 Å². The normalized spacial score (nSPS) is 17.2. The van der Waals surface area contributed by atoms with Gasteiger partial charge in [-0.2, -0.15) is 0 Å². The van der Waals surface area contributed by atoms with Gasteiger partial charge in [0.2, 0.25) is 0 Å². The number of urea groups is 1. The van der Waals surface area contributed by atoms with Crippen molar-refractivity contribution in [3.05, 3.63) is 28.2 Å². The molecule has 1 saturated heterocycles. The summed E-state index contributed by atoms with van der Waals surface area (Å²) in [6, 6.07) is 5.98. The molecule has 0 spiro atoms. The third kappa shape index (κ3) is 4.21. The van der Waals surface area contributed by atoms with Crippen molar-refractivity contribution in [3.63, 3.8) is 0 Å². The Labute approximate surface area is 122 Å². The summed E-state index contributed by atoms with van der Waals surface area (Å²) < 4.78 is 1.00. The number of benzene rings is 1. The van der Waals surface area contributed by atoms with Crippen molar-refractivity contribution in [2.45, 2.75) is 25.8 Å². The van der Waals surface area contributed by atoms with E-state index < -0.39 is 0 Å². The van der Waals surface area contributed by atoms with E-state index >= 15 is 0 Å². The molecule has 1 aromatic carbocycles. The minimum Gasteiger partial charge on any atom is -0.335 e. The highest BCUT2D eigenvalue weighted by Crippen LogP contribution is 2.20. The van der Waals surface area contributed by atoms with Crippen LogP contribution < -0.4 is 10.6 Å². The molecule has 0 aromatic heterocycles. The van der Waals surface area contributed by atoms with Gasteiger partial charge in [-0.3, -0.25) is 0 Å². The summed E-state index contributed by atoms with van der Waals surface area (Å²) in [4.78, 5) is 14.2. The Hall–Kier alpha value is -1.07. The molecule has 0 radical (unpaired) electrons. The first-order valence-electron chi connectivity index (χ1n) is 6.57. The zero-order valence-corrected chi connectivity index (χ0v) is 13.0. The Balaban J connectivity index is 1.85. The molecule has 1 aliphatic heterocycles. The fraction of sp³-hybridized carbons (Fsp3) is 0.500. The number of rotatable bonds is 2. The van der Waals surface area contributed by atoms with Gasteiger partial charge in [-0.15, -0.1) is 0 Å². The first kappa shape index (κ1) is 14.3. The Bertz CT molecular complexity index is 456. The lowest BCUT2D eigenvalue weighted by Crippen LogP contribution is -2.44. The van der Waals surface area contributed by atoms with Crippen LogP contribution in [0.2, 0.25) is 0 Å². The van der Waals surface area contributed by atoms with Crippen molar-refractivity contribution in [1.29, 1.82) is 0 Å². The van der Waals surface area contributed by atoms with Crippen molar-refractivity contribution in [2.75, 3.05) is 25.5 Å². The van der Waals surface area contributed by atoms with Crippen LogP contribution in [0.4, 0.5) is 10.5 Å². The average Bonchev–Trinajstić information content (AvgIpc) is 2.37. The fourth-order valence-corrected chi connectivity index (χ4v) is 2.55. The number of aryl methyl sites for hydroxylation is 1. The van der Waals surface area contributed by atoms with E-state index in [1.165, 1.54) is 0 Å². The molecule has 104 valence electrons. The SMILES string of the molecule is Cc1ccc(NC(=O)NC2CCN(C)CC2)cc1Br. The summed E-state index contributed by atoms with van der Waals surface area (Å²) in [6.45, 7) is 4.11. The number of piperidine rings is 1. The molecule has 1 aliphatic rings. The predicted molar refractivity (Wildman–Crippen MR) is 81.6 cm³/mol. The van der Waals surface area contributed by atoms with Gasteiger partial charge in [-0.05, 0) is 57.6 Å². The molecular weight excluding hydrogens is 306 g/mol. The van der Waals surface area contributed by atoms with E-state index in [0.717, 1.165) is 41.7 Å². The summed E-state index contributed by atoms with van der Waals surface area (Å²) in [7, 11) is 2.11. The van der Waals surface area contributed by atoms with Crippen molar-refractivity contribution < 1.29 is 4.79 Å². The van der Waals surface area contributed by atoms with Crippen LogP contribution in [0.5, 0.6) is 0 Å². The molecule has 1 heterocycles. The summed E-state index contributed by atoms with van der Waals surface area (Å²) >= 11 is 3.46. The van der Waals surface area contributed by atoms with E-state index in [1.807, 2.05) is 25.1 Å². The standard InChI is InChI=1S/C14H20BrN3O/c1-10-3-4-12(9-13(10)15)17-14(19)16-11-5-7-18(2)8-6-11/h3-4,9,11H,5-8H2,1-2H3,(H2,16,17,19). The van der Waals surface area contributed by atoms with Gasteiger partial charge in [0.1, 0.15) is 0 Å². The predicted octanol–water partition coefficient (Wildman–Crippen LogP) is 2.97. The van der Waals surface area contributed by atoms with Crippen LogP contribution in [-0.4, -0.2) is 37.1 Å². The number of hydrogen-bond donors (Lipinski definition) is 2. The second-order valence-corrected chi connectivity index (χ2v) is 5.99. The molecule has 2 amide bonds. The van der Waals surface area contributed by atoms with Gasteiger partial charge >= 0.3 is 6.03 Å². The van der Waals surface area contributed by atoms with E-state index in [0.29, 0.717) is 0 Å². The van der Waals surface area contributed by atoms with Crippen molar-refractivity contribution in [1.82, 2.24) is 10.2 Å². The highest BCUT2D eigenvalue weighted by Gasteiger charge is 2.18. The van der Waals surface area contributed by atoms with E-state index in [2.05, 4.69) is 38.5 Å². The number of likely N-dealkylation sites (tertiary alicyclic amines) is 1. The second-order valence-electron chi connectivity index (χ2n) is 5.14. The average molecular weight is 326 g/mol. The van der Waals surface area contributed by atoms with Gasteiger partial charge in [-0.1, -0.05) is 22.0 Å². The zero-order chi connectivity index (χ0) is 13.8. The summed E-state index contributed by atoms with van der Waals surface area (Å²) in [5.74, 6) is 0. The van der Waals surface area contributed by atoms with Crippen LogP contribution in [0, 0.1) is 6.92 Å². The smallest absolute Gasteiger partial charge is 0.319 e. The number of nitrogens with zero attached hydrogens (tertiary/aromatic N) is 1. The molecule has 0 atom stereocenters. The van der Waals surface area contributed by atoms with Crippen molar-refractivity contribution >= 4 is 27.6 Å². The van der Waals surface area contributed by atoms with Crippen LogP contribution in [-0.2, 0) is 0 Å². The molecule has 0 bridgehead atoms. The van der Waals surface area contributed by atoms with Crippen LogP contribution >= 0.6 is 15.9 Å². The van der Waals surface area contributed by atoms with Crippen LogP contribution in [0.15, 0.2) is 22.7 Å². The Kier molecular flexibility index (Phi) is 4.82. The van der Waals surface area contributed by atoms with E-state index in [9.17, 15) is 4.79 Å². The van der Waals surface area contributed by atoms with Gasteiger partial charge in [-0.25, -0.2) is 4.79 Å². The lowest BCUT2D eigenvalue weighted by Gasteiger charge is -2.29. The molecule has 1 fully saturated rings. The number of carbonyl (C=O) groups is 1. The second kappa shape index (κ2) is 6.39. The van der Waals surface area contributed by atoms with Gasteiger partial charge in [0, 0.05) is 16.2 Å². The highest BCUT2D eigenvalue weighted by atomic mass is 79.9. The molecule has 4 nitrogen and oxygen atoms in total. The highest BCUT2D eigenvalue weighted by molar-refractivity contribution is 9.10. The monoisotopic (exact) mass is 325 g/mol. The molecule has 2 N–H and O–H groups in total. The topological polar surface area (TPSA) is 44.4 Å². The first-order valence-corrected chi connectivity index (χ1v) is 7.36. The third-order valence-corrected chi connectivity index (χ3v) is 4.34. The quantitative estimate of drug-likeness (QED) is 0.878. The maximum absolute atomic E-state index is 11.9. The molecular formula is C14H20BrN3O.